The van der Waals surface area contributed by atoms with Crippen LogP contribution in [0.2, 0.25) is 39.3 Å². The molecular weight excluding hydrogens is 216 g/mol. The van der Waals surface area contributed by atoms with Crippen molar-refractivity contribution in [2.24, 2.45) is 0 Å². The van der Waals surface area contributed by atoms with Crippen molar-refractivity contribution in [3.8, 4) is 11.5 Å². The summed E-state index contributed by atoms with van der Waals surface area (Å²) in [5.41, 5.74) is 3.39. The molecule has 0 aliphatic rings. The molecule has 0 unspecified atom stereocenters. The van der Waals surface area contributed by atoms with Gasteiger partial charge in [0.15, 0.2) is 8.32 Å². The maximum absolute atomic E-state index is 5.78. The van der Waals surface area contributed by atoms with E-state index in [0.29, 0.717) is 0 Å². The van der Waals surface area contributed by atoms with Crippen LogP contribution in [0.4, 0.5) is 0 Å². The topological polar surface area (TPSA) is 9.23 Å². The molecule has 0 aliphatic heterocycles. The van der Waals surface area contributed by atoms with Crippen LogP contribution >= 0.6 is 0 Å². The zero-order valence-electron chi connectivity index (χ0n) is 11.2. The lowest BCUT2D eigenvalue weighted by molar-refractivity contribution is 0.301. The van der Waals surface area contributed by atoms with Gasteiger partial charge < -0.3 is 4.43 Å². The van der Waals surface area contributed by atoms with Gasteiger partial charge in [0.2, 0.25) is 0 Å². The normalized spacial score (nSPS) is 12.1. The maximum Gasteiger partial charge on any atom is 0.183 e. The van der Waals surface area contributed by atoms with Crippen molar-refractivity contribution in [2.45, 2.75) is 58.5 Å². The zero-order chi connectivity index (χ0) is 11.9. The van der Waals surface area contributed by atoms with E-state index < -0.39 is 16.4 Å². The third kappa shape index (κ3) is 14.0. The smallest absolute Gasteiger partial charge is 0.183 e. The molecule has 0 saturated carbocycles. The minimum Gasteiger partial charge on any atom is -0.418 e. The van der Waals surface area contributed by atoms with Crippen LogP contribution in [-0.4, -0.2) is 23.0 Å². The van der Waals surface area contributed by atoms with Crippen LogP contribution in [0.15, 0.2) is 0 Å². The van der Waals surface area contributed by atoms with Crippen molar-refractivity contribution >= 4 is 16.4 Å². The Morgan fingerprint density at radius 3 is 2.00 bits per heavy atom. The molecule has 88 valence electrons. The Labute approximate surface area is 97.8 Å². The highest BCUT2D eigenvalue weighted by molar-refractivity contribution is 6.83. The van der Waals surface area contributed by atoms with E-state index in [-0.39, 0.29) is 0 Å². The molecule has 3 heteroatoms. The molecule has 0 aromatic heterocycles. The minimum atomic E-state index is -1.28. The summed E-state index contributed by atoms with van der Waals surface area (Å²) in [4.78, 5) is 0. The first-order valence-electron chi connectivity index (χ1n) is 5.85. The molecule has 15 heavy (non-hydrogen) atoms. The summed E-state index contributed by atoms with van der Waals surface area (Å²) in [5, 5.41) is 0. The molecule has 0 aliphatic carbocycles. The Morgan fingerprint density at radius 1 is 0.933 bits per heavy atom. The molecule has 0 bridgehead atoms. The zero-order valence-corrected chi connectivity index (χ0v) is 13.2. The van der Waals surface area contributed by atoms with Crippen molar-refractivity contribution in [1.82, 2.24) is 0 Å². The summed E-state index contributed by atoms with van der Waals surface area (Å²) in [5.74, 6) is 3.29. The fourth-order valence-electron chi connectivity index (χ4n) is 1.02. The van der Waals surface area contributed by atoms with Gasteiger partial charge in [-0.15, -0.1) is 11.5 Å². The Hall–Kier alpha value is -0.0462. The standard InChI is InChI=1S/C12H26OSi2/c1-14(2,3)12-10-8-7-9-11-13-15(4,5)6/h7-9,11H2,1-6H3. The van der Waals surface area contributed by atoms with Crippen LogP contribution < -0.4 is 0 Å². The van der Waals surface area contributed by atoms with Gasteiger partial charge in [-0.25, -0.2) is 0 Å². The summed E-state index contributed by atoms with van der Waals surface area (Å²) in [6.07, 6.45) is 3.38. The monoisotopic (exact) mass is 242 g/mol. The summed E-state index contributed by atoms with van der Waals surface area (Å²) < 4.78 is 5.78. The lowest BCUT2D eigenvalue weighted by Crippen LogP contribution is -2.25. The highest BCUT2D eigenvalue weighted by Gasteiger charge is 2.12. The number of hydrogen-bond acceptors (Lipinski definition) is 1. The first kappa shape index (κ1) is 15.0. The molecule has 0 rings (SSSR count). The van der Waals surface area contributed by atoms with Crippen molar-refractivity contribution < 1.29 is 4.43 Å². The van der Waals surface area contributed by atoms with Crippen LogP contribution in [0, 0.1) is 11.5 Å². The summed E-state index contributed by atoms with van der Waals surface area (Å²) in [6.45, 7) is 14.5. The Kier molecular flexibility index (Phi) is 6.50. The van der Waals surface area contributed by atoms with Gasteiger partial charge in [0.25, 0.3) is 0 Å². The predicted molar refractivity (Wildman–Crippen MR) is 74.3 cm³/mol. The lowest BCUT2D eigenvalue weighted by Gasteiger charge is -2.16. The van der Waals surface area contributed by atoms with E-state index in [9.17, 15) is 0 Å². The molecule has 0 fully saturated rings. The fraction of sp³-hybridized carbons (Fsp3) is 0.833. The third-order valence-corrected chi connectivity index (χ3v) is 3.69. The summed E-state index contributed by atoms with van der Waals surface area (Å²) >= 11 is 0. The van der Waals surface area contributed by atoms with E-state index in [1.807, 2.05) is 0 Å². The number of hydrogen-bond donors (Lipinski definition) is 0. The highest BCUT2D eigenvalue weighted by Crippen LogP contribution is 2.05. The van der Waals surface area contributed by atoms with Crippen LogP contribution in [-0.2, 0) is 4.43 Å². The van der Waals surface area contributed by atoms with Crippen LogP contribution in [0.5, 0.6) is 0 Å². The largest absolute Gasteiger partial charge is 0.418 e. The van der Waals surface area contributed by atoms with Crippen LogP contribution in [0.3, 0.4) is 0 Å². The van der Waals surface area contributed by atoms with Crippen molar-refractivity contribution in [3.63, 3.8) is 0 Å². The average molecular weight is 243 g/mol. The Balaban J connectivity index is 3.44. The van der Waals surface area contributed by atoms with Crippen molar-refractivity contribution in [1.29, 1.82) is 0 Å². The fourth-order valence-corrected chi connectivity index (χ4v) is 2.43. The molecule has 0 radical (unpaired) electrons. The van der Waals surface area contributed by atoms with Crippen molar-refractivity contribution in [2.75, 3.05) is 6.61 Å². The van der Waals surface area contributed by atoms with Crippen molar-refractivity contribution in [3.05, 3.63) is 0 Å². The summed E-state index contributed by atoms with van der Waals surface area (Å²) in [7, 11) is -2.43. The van der Waals surface area contributed by atoms with Gasteiger partial charge in [0, 0.05) is 13.0 Å². The molecule has 0 heterocycles. The molecule has 0 aromatic rings. The summed E-state index contributed by atoms with van der Waals surface area (Å²) in [6, 6.07) is 0. The van der Waals surface area contributed by atoms with Crippen LogP contribution in [0.25, 0.3) is 0 Å². The van der Waals surface area contributed by atoms with Gasteiger partial charge >= 0.3 is 0 Å². The molecule has 0 atom stereocenters. The predicted octanol–water partition coefficient (Wildman–Crippen LogP) is 3.89. The van der Waals surface area contributed by atoms with E-state index >= 15 is 0 Å². The highest BCUT2D eigenvalue weighted by atomic mass is 28.4. The van der Waals surface area contributed by atoms with E-state index in [0.717, 1.165) is 19.4 Å². The van der Waals surface area contributed by atoms with Crippen LogP contribution in [0.1, 0.15) is 19.3 Å². The van der Waals surface area contributed by atoms with Gasteiger partial charge in [0.05, 0.1) is 0 Å². The maximum atomic E-state index is 5.78. The number of rotatable bonds is 5. The van der Waals surface area contributed by atoms with Gasteiger partial charge in [-0.3, -0.25) is 0 Å². The van der Waals surface area contributed by atoms with Gasteiger partial charge in [-0.2, -0.15) is 0 Å². The Morgan fingerprint density at radius 2 is 1.53 bits per heavy atom. The quantitative estimate of drug-likeness (QED) is 0.404. The second kappa shape index (κ2) is 6.52. The van der Waals surface area contributed by atoms with Gasteiger partial charge in [-0.1, -0.05) is 19.6 Å². The molecule has 0 amide bonds. The molecule has 0 aromatic carbocycles. The van der Waals surface area contributed by atoms with E-state index in [1.54, 1.807) is 0 Å². The second-order valence-electron chi connectivity index (χ2n) is 5.97. The minimum absolute atomic E-state index is 0.921. The number of unbranched alkanes of at least 4 members (excludes halogenated alkanes) is 2. The average Bonchev–Trinajstić information content (AvgIpc) is 1.98. The Bertz CT molecular complexity index is 225. The first-order chi connectivity index (χ1) is 6.71. The molecule has 0 saturated heterocycles. The molecule has 1 nitrogen and oxygen atoms in total. The second-order valence-corrected chi connectivity index (χ2v) is 15.2. The lowest BCUT2D eigenvalue weighted by atomic mass is 10.2. The first-order valence-corrected chi connectivity index (χ1v) is 12.8. The van der Waals surface area contributed by atoms with E-state index in [1.165, 1.54) is 6.42 Å². The molecule has 0 spiro atoms. The van der Waals surface area contributed by atoms with E-state index in [2.05, 4.69) is 50.7 Å². The molecule has 0 N–H and O–H groups in total. The molecular formula is C12H26OSi2. The van der Waals surface area contributed by atoms with Gasteiger partial charge in [-0.05, 0) is 32.5 Å². The van der Waals surface area contributed by atoms with Gasteiger partial charge in [0.1, 0.15) is 8.07 Å². The van der Waals surface area contributed by atoms with E-state index in [4.69, 9.17) is 4.43 Å². The third-order valence-electron chi connectivity index (χ3n) is 1.69. The SMILES string of the molecule is C[Si](C)(C)C#CCCCCO[Si](C)(C)C.